The van der Waals surface area contributed by atoms with Gasteiger partial charge in [-0.2, -0.15) is 0 Å². The van der Waals surface area contributed by atoms with Crippen molar-refractivity contribution in [1.82, 2.24) is 4.98 Å². The molecule has 0 amide bonds. The summed E-state index contributed by atoms with van der Waals surface area (Å²) in [6.45, 7) is 0. The Kier molecular flexibility index (Phi) is 2.78. The van der Waals surface area contributed by atoms with E-state index in [0.29, 0.717) is 5.92 Å². The first-order valence-electron chi connectivity index (χ1n) is 7.51. The van der Waals surface area contributed by atoms with Gasteiger partial charge in [-0.05, 0) is 42.5 Å². The van der Waals surface area contributed by atoms with E-state index < -0.39 is 0 Å². The molecule has 1 heterocycles. The maximum Gasteiger partial charge on any atom is 0.0818 e. The normalized spacial score (nSPS) is 18.1. The zero-order valence-corrected chi connectivity index (χ0v) is 11.5. The van der Waals surface area contributed by atoms with Gasteiger partial charge in [0.05, 0.1) is 6.10 Å². The third-order valence-corrected chi connectivity index (χ3v) is 4.72. The van der Waals surface area contributed by atoms with Crippen molar-refractivity contribution < 1.29 is 5.11 Å². The lowest BCUT2D eigenvalue weighted by molar-refractivity contribution is 0.112. The highest BCUT2D eigenvalue weighted by Crippen LogP contribution is 2.37. The predicted molar refractivity (Wildman–Crippen MR) is 82.7 cm³/mol. The van der Waals surface area contributed by atoms with Crippen LogP contribution in [0.4, 0.5) is 0 Å². The Morgan fingerprint density at radius 3 is 2.55 bits per heavy atom. The quantitative estimate of drug-likeness (QED) is 0.701. The van der Waals surface area contributed by atoms with Crippen LogP contribution < -0.4 is 0 Å². The van der Waals surface area contributed by atoms with E-state index in [1.807, 2.05) is 6.07 Å². The summed E-state index contributed by atoms with van der Waals surface area (Å²) in [4.78, 5) is 3.43. The predicted octanol–water partition coefficient (Wildman–Crippen LogP) is 4.54. The molecule has 2 nitrogen and oxygen atoms in total. The van der Waals surface area contributed by atoms with Crippen LogP contribution >= 0.6 is 0 Å². The van der Waals surface area contributed by atoms with E-state index >= 15 is 0 Å². The molecule has 20 heavy (non-hydrogen) atoms. The van der Waals surface area contributed by atoms with Gasteiger partial charge in [-0.1, -0.05) is 37.1 Å². The van der Waals surface area contributed by atoms with E-state index in [2.05, 4.69) is 41.4 Å². The Hall–Kier alpha value is -1.80. The number of benzene rings is 2. The zero-order chi connectivity index (χ0) is 13.5. The summed E-state index contributed by atoms with van der Waals surface area (Å²) in [5.41, 5.74) is 3.37. The number of hydrogen-bond acceptors (Lipinski definition) is 1. The third kappa shape index (κ3) is 1.83. The number of hydrogen-bond donors (Lipinski definition) is 2. The van der Waals surface area contributed by atoms with Gasteiger partial charge in [-0.25, -0.2) is 0 Å². The minimum Gasteiger partial charge on any atom is -0.388 e. The third-order valence-electron chi connectivity index (χ3n) is 4.72. The van der Waals surface area contributed by atoms with Crippen molar-refractivity contribution in [2.75, 3.05) is 0 Å². The average molecular weight is 265 g/mol. The molecule has 1 saturated carbocycles. The topological polar surface area (TPSA) is 36.0 Å². The van der Waals surface area contributed by atoms with Crippen LogP contribution in [0.3, 0.4) is 0 Å². The number of nitrogens with one attached hydrogen (secondary N) is 1. The Morgan fingerprint density at radius 1 is 0.950 bits per heavy atom. The van der Waals surface area contributed by atoms with Crippen LogP contribution in [0.1, 0.15) is 37.4 Å². The summed E-state index contributed by atoms with van der Waals surface area (Å²) >= 11 is 0. The maximum atomic E-state index is 10.6. The second kappa shape index (κ2) is 4.64. The summed E-state index contributed by atoms with van der Waals surface area (Å²) < 4.78 is 0. The van der Waals surface area contributed by atoms with E-state index in [0.717, 1.165) is 29.4 Å². The highest BCUT2D eigenvalue weighted by Gasteiger charge is 2.24. The first-order chi connectivity index (χ1) is 9.83. The van der Waals surface area contributed by atoms with Crippen molar-refractivity contribution in [1.29, 1.82) is 0 Å². The lowest BCUT2D eigenvalue weighted by Gasteiger charge is -2.18. The fourth-order valence-electron chi connectivity index (χ4n) is 3.60. The number of H-pyrrole nitrogens is 1. The summed E-state index contributed by atoms with van der Waals surface area (Å²) in [5, 5.41) is 13.0. The average Bonchev–Trinajstić information content (AvgIpc) is 3.13. The second-order valence-corrected chi connectivity index (χ2v) is 5.96. The fraction of sp³-hybridized carbons (Fsp3) is 0.333. The molecule has 1 unspecified atom stereocenters. The molecule has 1 aromatic heterocycles. The van der Waals surface area contributed by atoms with Crippen molar-refractivity contribution in [2.24, 2.45) is 5.92 Å². The number of aromatic amines is 1. The summed E-state index contributed by atoms with van der Waals surface area (Å²) in [5.74, 6) is 0.442. The van der Waals surface area contributed by atoms with Gasteiger partial charge in [0.1, 0.15) is 0 Å². The molecule has 0 spiro atoms. The lowest BCUT2D eigenvalue weighted by atomic mass is 9.93. The Morgan fingerprint density at radius 2 is 1.70 bits per heavy atom. The first kappa shape index (κ1) is 12.0. The van der Waals surface area contributed by atoms with E-state index in [1.165, 1.54) is 23.6 Å². The van der Waals surface area contributed by atoms with Gasteiger partial charge in [0.15, 0.2) is 0 Å². The van der Waals surface area contributed by atoms with Gasteiger partial charge in [-0.3, -0.25) is 0 Å². The Labute approximate surface area is 118 Å². The van der Waals surface area contributed by atoms with Gasteiger partial charge < -0.3 is 10.1 Å². The molecule has 4 rings (SSSR count). The minimum absolute atomic E-state index is 0.310. The molecule has 2 aromatic carbocycles. The molecule has 102 valence electrons. The van der Waals surface area contributed by atoms with Crippen molar-refractivity contribution in [3.8, 4) is 0 Å². The molecule has 1 fully saturated rings. The van der Waals surface area contributed by atoms with Gasteiger partial charge in [0.25, 0.3) is 0 Å². The summed E-state index contributed by atoms with van der Waals surface area (Å²) in [7, 11) is 0. The van der Waals surface area contributed by atoms with E-state index in [4.69, 9.17) is 0 Å². The number of aliphatic hydroxyl groups is 1. The van der Waals surface area contributed by atoms with Crippen LogP contribution in [0.15, 0.2) is 42.5 Å². The fourth-order valence-corrected chi connectivity index (χ4v) is 3.60. The number of aromatic nitrogens is 1. The molecule has 0 aliphatic heterocycles. The molecule has 1 aliphatic carbocycles. The molecule has 2 N–H and O–H groups in total. The number of rotatable bonds is 2. The van der Waals surface area contributed by atoms with Crippen LogP contribution in [0.5, 0.6) is 0 Å². The van der Waals surface area contributed by atoms with Crippen LogP contribution in [0.25, 0.3) is 21.8 Å². The second-order valence-electron chi connectivity index (χ2n) is 5.96. The van der Waals surface area contributed by atoms with Crippen molar-refractivity contribution in [3.63, 3.8) is 0 Å². The lowest BCUT2D eigenvalue weighted by Crippen LogP contribution is -2.08. The van der Waals surface area contributed by atoms with Gasteiger partial charge >= 0.3 is 0 Å². The van der Waals surface area contributed by atoms with Crippen LogP contribution in [0, 0.1) is 5.92 Å². The van der Waals surface area contributed by atoms with Crippen molar-refractivity contribution >= 4 is 21.8 Å². The smallest absolute Gasteiger partial charge is 0.0818 e. The van der Waals surface area contributed by atoms with Crippen LogP contribution in [-0.4, -0.2) is 10.1 Å². The number of fused-ring (bicyclic) bond motifs is 3. The standard InChI is InChI=1S/C18H19NO/c20-18(12-5-1-2-6-12)13-9-10-17-15(11-13)14-7-3-4-8-16(14)19-17/h3-4,7-12,18-20H,1-2,5-6H2. The highest BCUT2D eigenvalue weighted by molar-refractivity contribution is 6.07. The SMILES string of the molecule is OC(c1ccc2[nH]c3ccccc3c2c1)C1CCCC1. The molecule has 1 atom stereocenters. The molecule has 2 heteroatoms. The molecule has 3 aromatic rings. The van der Waals surface area contributed by atoms with Crippen molar-refractivity contribution in [2.45, 2.75) is 31.8 Å². The molecular weight excluding hydrogens is 246 g/mol. The van der Waals surface area contributed by atoms with Crippen molar-refractivity contribution in [3.05, 3.63) is 48.0 Å². The van der Waals surface area contributed by atoms with E-state index in [1.54, 1.807) is 0 Å². The summed E-state index contributed by atoms with van der Waals surface area (Å²) in [6.07, 6.45) is 4.53. The first-order valence-corrected chi connectivity index (χ1v) is 7.51. The maximum absolute atomic E-state index is 10.6. The molecule has 1 aliphatic rings. The molecule has 0 bridgehead atoms. The number of para-hydroxylation sites is 1. The molecule has 0 radical (unpaired) electrons. The summed E-state index contributed by atoms with van der Waals surface area (Å²) in [6, 6.07) is 14.7. The van der Waals surface area contributed by atoms with Crippen LogP contribution in [0.2, 0.25) is 0 Å². The molecule has 0 saturated heterocycles. The molecular formula is C18H19NO. The van der Waals surface area contributed by atoms with Gasteiger partial charge in [0, 0.05) is 21.8 Å². The Balaban J connectivity index is 1.82. The highest BCUT2D eigenvalue weighted by atomic mass is 16.3. The monoisotopic (exact) mass is 265 g/mol. The van der Waals surface area contributed by atoms with E-state index in [9.17, 15) is 5.11 Å². The minimum atomic E-state index is -0.310. The van der Waals surface area contributed by atoms with E-state index in [-0.39, 0.29) is 6.10 Å². The Bertz CT molecular complexity index is 752. The van der Waals surface area contributed by atoms with Gasteiger partial charge in [-0.15, -0.1) is 0 Å². The van der Waals surface area contributed by atoms with Crippen LogP contribution in [-0.2, 0) is 0 Å². The zero-order valence-electron chi connectivity index (χ0n) is 11.5. The number of aliphatic hydroxyl groups excluding tert-OH is 1. The van der Waals surface area contributed by atoms with Gasteiger partial charge in [0.2, 0.25) is 0 Å². The largest absolute Gasteiger partial charge is 0.388 e.